The number of nitro benzene ring substituents is 1. The molecule has 0 radical (unpaired) electrons. The fourth-order valence-electron chi connectivity index (χ4n) is 1.53. The van der Waals surface area contributed by atoms with Gasteiger partial charge in [0.1, 0.15) is 5.82 Å². The van der Waals surface area contributed by atoms with Crippen molar-refractivity contribution >= 4 is 17.4 Å². The van der Waals surface area contributed by atoms with Crippen LogP contribution < -0.4 is 0 Å². The second kappa shape index (κ2) is 5.18. The van der Waals surface area contributed by atoms with Crippen molar-refractivity contribution in [3.05, 3.63) is 64.0 Å². The molecule has 0 aliphatic heterocycles. The van der Waals surface area contributed by atoms with Gasteiger partial charge in [0.05, 0.1) is 11.0 Å². The van der Waals surface area contributed by atoms with Gasteiger partial charge in [0.2, 0.25) is 0 Å². The standard InChI is InChI=1S/C13H10FNO2S/c1-9-3-2-4-12(5-9)18-13-7-10(14)6-11(8-13)15(16)17/h2-8H,1H3. The average Bonchev–Trinajstić information content (AvgIpc) is 2.28. The maximum Gasteiger partial charge on any atom is 0.273 e. The van der Waals surface area contributed by atoms with Crippen LogP contribution in [0.5, 0.6) is 0 Å². The van der Waals surface area contributed by atoms with Crippen molar-refractivity contribution in [2.75, 3.05) is 0 Å². The monoisotopic (exact) mass is 263 g/mol. The minimum Gasteiger partial charge on any atom is -0.258 e. The van der Waals surface area contributed by atoms with E-state index in [2.05, 4.69) is 0 Å². The van der Waals surface area contributed by atoms with E-state index in [1.165, 1.54) is 23.9 Å². The van der Waals surface area contributed by atoms with Crippen LogP contribution in [0.25, 0.3) is 0 Å². The van der Waals surface area contributed by atoms with E-state index in [1.807, 2.05) is 31.2 Å². The molecule has 92 valence electrons. The molecule has 2 aromatic rings. The maximum absolute atomic E-state index is 13.3. The third-order valence-corrected chi connectivity index (χ3v) is 3.25. The SMILES string of the molecule is Cc1cccc(Sc2cc(F)cc([N+](=O)[O-])c2)c1. The Morgan fingerprint density at radius 2 is 1.94 bits per heavy atom. The molecule has 0 heterocycles. The van der Waals surface area contributed by atoms with Gasteiger partial charge in [-0.3, -0.25) is 10.1 Å². The van der Waals surface area contributed by atoms with Gasteiger partial charge in [0.15, 0.2) is 0 Å². The Labute approximate surface area is 108 Å². The van der Waals surface area contributed by atoms with Crippen molar-refractivity contribution in [2.24, 2.45) is 0 Å². The molecule has 0 saturated heterocycles. The number of non-ortho nitro benzene ring substituents is 1. The Morgan fingerprint density at radius 3 is 2.61 bits per heavy atom. The summed E-state index contributed by atoms with van der Waals surface area (Å²) in [6, 6.07) is 11.3. The van der Waals surface area contributed by atoms with Crippen molar-refractivity contribution in [3.8, 4) is 0 Å². The lowest BCUT2D eigenvalue weighted by molar-refractivity contribution is -0.385. The molecule has 18 heavy (non-hydrogen) atoms. The van der Waals surface area contributed by atoms with Crippen LogP contribution in [0, 0.1) is 22.9 Å². The molecule has 0 aliphatic rings. The minimum atomic E-state index is -0.598. The first-order valence-electron chi connectivity index (χ1n) is 5.24. The number of nitrogens with zero attached hydrogens (tertiary/aromatic N) is 1. The fraction of sp³-hybridized carbons (Fsp3) is 0.0769. The first-order valence-corrected chi connectivity index (χ1v) is 6.06. The smallest absolute Gasteiger partial charge is 0.258 e. The summed E-state index contributed by atoms with van der Waals surface area (Å²) in [4.78, 5) is 11.5. The molecular formula is C13H10FNO2S. The third-order valence-electron chi connectivity index (χ3n) is 2.29. The van der Waals surface area contributed by atoms with Crippen LogP contribution >= 0.6 is 11.8 Å². The number of benzene rings is 2. The van der Waals surface area contributed by atoms with Crippen molar-refractivity contribution < 1.29 is 9.31 Å². The van der Waals surface area contributed by atoms with Crippen molar-refractivity contribution in [2.45, 2.75) is 16.7 Å². The van der Waals surface area contributed by atoms with E-state index in [0.29, 0.717) is 4.90 Å². The minimum absolute atomic E-state index is 0.231. The Kier molecular flexibility index (Phi) is 3.62. The van der Waals surface area contributed by atoms with E-state index in [-0.39, 0.29) is 5.69 Å². The van der Waals surface area contributed by atoms with Crippen LogP contribution in [0.15, 0.2) is 52.3 Å². The van der Waals surface area contributed by atoms with Gasteiger partial charge in [0.25, 0.3) is 5.69 Å². The van der Waals surface area contributed by atoms with Crippen LogP contribution in [0.4, 0.5) is 10.1 Å². The molecule has 2 aromatic carbocycles. The van der Waals surface area contributed by atoms with Crippen LogP contribution in [0.2, 0.25) is 0 Å². The van der Waals surface area contributed by atoms with Crippen LogP contribution in [0.3, 0.4) is 0 Å². The highest BCUT2D eigenvalue weighted by Gasteiger charge is 2.10. The van der Waals surface area contributed by atoms with Crippen molar-refractivity contribution in [1.29, 1.82) is 0 Å². The number of hydrogen-bond donors (Lipinski definition) is 0. The van der Waals surface area contributed by atoms with Crippen LogP contribution in [-0.2, 0) is 0 Å². The predicted molar refractivity (Wildman–Crippen MR) is 68.4 cm³/mol. The first-order chi connectivity index (χ1) is 8.54. The molecule has 3 nitrogen and oxygen atoms in total. The van der Waals surface area contributed by atoms with Gasteiger partial charge in [0, 0.05) is 15.9 Å². The maximum atomic E-state index is 13.3. The molecular weight excluding hydrogens is 253 g/mol. The van der Waals surface area contributed by atoms with Gasteiger partial charge in [-0.1, -0.05) is 29.5 Å². The lowest BCUT2D eigenvalue weighted by Gasteiger charge is -2.03. The zero-order chi connectivity index (χ0) is 13.1. The molecule has 5 heteroatoms. The lowest BCUT2D eigenvalue weighted by atomic mass is 10.2. The molecule has 0 amide bonds. The quantitative estimate of drug-likeness (QED) is 0.616. The van der Waals surface area contributed by atoms with Gasteiger partial charge < -0.3 is 0 Å². The topological polar surface area (TPSA) is 43.1 Å². The Bertz CT molecular complexity index is 601. The van der Waals surface area contributed by atoms with Gasteiger partial charge in [-0.25, -0.2) is 4.39 Å². The summed E-state index contributed by atoms with van der Waals surface area (Å²) in [5.41, 5.74) is 0.857. The zero-order valence-corrected chi connectivity index (χ0v) is 10.4. The van der Waals surface area contributed by atoms with Crippen LogP contribution in [-0.4, -0.2) is 4.92 Å². The highest BCUT2D eigenvalue weighted by molar-refractivity contribution is 7.99. The summed E-state index contributed by atoms with van der Waals surface area (Å²) < 4.78 is 13.3. The number of nitro groups is 1. The second-order valence-corrected chi connectivity index (χ2v) is 4.97. The Balaban J connectivity index is 2.31. The van der Waals surface area contributed by atoms with Gasteiger partial charge in [-0.05, 0) is 25.1 Å². The summed E-state index contributed by atoms with van der Waals surface area (Å²) in [5.74, 6) is -0.598. The normalized spacial score (nSPS) is 10.3. The van der Waals surface area contributed by atoms with Crippen LogP contribution in [0.1, 0.15) is 5.56 Å². The van der Waals surface area contributed by atoms with Gasteiger partial charge in [-0.2, -0.15) is 0 Å². The molecule has 0 saturated carbocycles. The van der Waals surface area contributed by atoms with Gasteiger partial charge >= 0.3 is 0 Å². The summed E-state index contributed by atoms with van der Waals surface area (Å²) in [6.07, 6.45) is 0. The molecule has 0 aliphatic carbocycles. The fourth-order valence-corrected chi connectivity index (χ4v) is 2.54. The molecule has 0 atom stereocenters. The number of rotatable bonds is 3. The largest absolute Gasteiger partial charge is 0.273 e. The van der Waals surface area contributed by atoms with E-state index in [9.17, 15) is 14.5 Å². The molecule has 0 bridgehead atoms. The highest BCUT2D eigenvalue weighted by atomic mass is 32.2. The van der Waals surface area contributed by atoms with E-state index >= 15 is 0 Å². The van der Waals surface area contributed by atoms with E-state index in [0.717, 1.165) is 16.5 Å². The van der Waals surface area contributed by atoms with E-state index in [4.69, 9.17) is 0 Å². The lowest BCUT2D eigenvalue weighted by Crippen LogP contribution is -1.89. The average molecular weight is 263 g/mol. The zero-order valence-electron chi connectivity index (χ0n) is 9.59. The van der Waals surface area contributed by atoms with Crippen molar-refractivity contribution in [1.82, 2.24) is 0 Å². The molecule has 0 spiro atoms. The summed E-state index contributed by atoms with van der Waals surface area (Å²) in [5, 5.41) is 10.6. The van der Waals surface area contributed by atoms with Gasteiger partial charge in [-0.15, -0.1) is 0 Å². The molecule has 0 N–H and O–H groups in total. The molecule has 0 aromatic heterocycles. The first kappa shape index (κ1) is 12.6. The summed E-state index contributed by atoms with van der Waals surface area (Å²) in [6.45, 7) is 1.96. The molecule has 0 fully saturated rings. The number of aryl methyl sites for hydroxylation is 1. The Morgan fingerprint density at radius 1 is 1.17 bits per heavy atom. The molecule has 0 unspecified atom stereocenters. The van der Waals surface area contributed by atoms with Crippen molar-refractivity contribution in [3.63, 3.8) is 0 Å². The third kappa shape index (κ3) is 3.07. The number of halogens is 1. The summed E-state index contributed by atoms with van der Waals surface area (Å²) in [7, 11) is 0. The molecule has 2 rings (SSSR count). The predicted octanol–water partition coefficient (Wildman–Crippen LogP) is 4.19. The Hall–Kier alpha value is -1.88. The summed E-state index contributed by atoms with van der Waals surface area (Å²) >= 11 is 1.30. The van der Waals surface area contributed by atoms with E-state index < -0.39 is 10.7 Å². The number of hydrogen-bond acceptors (Lipinski definition) is 3. The van der Waals surface area contributed by atoms with E-state index in [1.54, 1.807) is 0 Å². The second-order valence-electron chi connectivity index (χ2n) is 3.82. The highest BCUT2D eigenvalue weighted by Crippen LogP contribution is 2.31.